The van der Waals surface area contributed by atoms with Crippen molar-refractivity contribution in [2.24, 2.45) is 11.8 Å². The van der Waals surface area contributed by atoms with Gasteiger partial charge < -0.3 is 10.2 Å². The predicted molar refractivity (Wildman–Crippen MR) is 104 cm³/mol. The number of sulfonamides is 1. The minimum Gasteiger partial charge on any atom is -0.353 e. The second kappa shape index (κ2) is 8.02. The number of likely N-dealkylation sites (tertiary alicyclic amines) is 1. The molecule has 1 aliphatic carbocycles. The molecule has 2 amide bonds. The summed E-state index contributed by atoms with van der Waals surface area (Å²) in [5, 5.41) is 2.97. The van der Waals surface area contributed by atoms with Crippen LogP contribution in [0.5, 0.6) is 0 Å². The van der Waals surface area contributed by atoms with Crippen molar-refractivity contribution < 1.29 is 22.4 Å². The molecule has 7 nitrogen and oxygen atoms in total. The third-order valence-corrected chi connectivity index (χ3v) is 7.93. The molecule has 2 saturated heterocycles. The normalized spacial score (nSPS) is 24.1. The van der Waals surface area contributed by atoms with E-state index in [1.807, 2.05) is 0 Å². The monoisotopic (exact) mass is 423 g/mol. The highest BCUT2D eigenvalue weighted by Gasteiger charge is 2.38. The van der Waals surface area contributed by atoms with Gasteiger partial charge in [0.15, 0.2) is 0 Å². The molecule has 29 heavy (non-hydrogen) atoms. The van der Waals surface area contributed by atoms with Crippen molar-refractivity contribution in [3.63, 3.8) is 0 Å². The number of carbonyl (C=O) groups is 2. The lowest BCUT2D eigenvalue weighted by Crippen LogP contribution is -2.42. The molecule has 1 N–H and O–H groups in total. The highest BCUT2D eigenvalue weighted by atomic mass is 32.2. The molecule has 0 aromatic heterocycles. The Morgan fingerprint density at radius 3 is 2.38 bits per heavy atom. The van der Waals surface area contributed by atoms with E-state index in [9.17, 15) is 22.4 Å². The lowest BCUT2D eigenvalue weighted by Gasteiger charge is -2.33. The minimum absolute atomic E-state index is 0.00214. The summed E-state index contributed by atoms with van der Waals surface area (Å²) in [7, 11) is -3.63. The molecule has 1 atom stereocenters. The van der Waals surface area contributed by atoms with E-state index >= 15 is 0 Å². The Morgan fingerprint density at radius 2 is 1.76 bits per heavy atom. The van der Waals surface area contributed by atoms with Gasteiger partial charge in [-0.15, -0.1) is 0 Å². The molecule has 9 heteroatoms. The molecular weight excluding hydrogens is 397 g/mol. The zero-order valence-corrected chi connectivity index (χ0v) is 17.0. The van der Waals surface area contributed by atoms with Gasteiger partial charge in [-0.25, -0.2) is 12.8 Å². The van der Waals surface area contributed by atoms with Gasteiger partial charge in [-0.2, -0.15) is 4.31 Å². The number of nitrogens with one attached hydrogen (secondary N) is 1. The quantitative estimate of drug-likeness (QED) is 0.748. The van der Waals surface area contributed by atoms with Crippen molar-refractivity contribution in [1.29, 1.82) is 0 Å². The zero-order chi connectivity index (χ0) is 20.6. The van der Waals surface area contributed by atoms with E-state index in [4.69, 9.17) is 0 Å². The molecule has 1 saturated carbocycles. The standard InChI is InChI=1S/C20H26FN3O4S/c21-16-1-5-18(6-2-16)29(27,28)24-9-7-14(8-10-24)12-23-13-15(11-19(23)25)20(26)22-17-3-4-17/h1-2,5-6,14-15,17H,3-4,7-13H2,(H,22,26). The molecule has 3 aliphatic rings. The van der Waals surface area contributed by atoms with Gasteiger partial charge in [0.05, 0.1) is 10.8 Å². The molecule has 1 unspecified atom stereocenters. The average Bonchev–Trinajstić information content (AvgIpc) is 3.44. The molecule has 158 valence electrons. The van der Waals surface area contributed by atoms with Crippen molar-refractivity contribution in [3.05, 3.63) is 30.1 Å². The highest BCUT2D eigenvalue weighted by Crippen LogP contribution is 2.28. The van der Waals surface area contributed by atoms with Crippen LogP contribution in [0.15, 0.2) is 29.2 Å². The molecule has 0 bridgehead atoms. The van der Waals surface area contributed by atoms with Crippen LogP contribution >= 0.6 is 0 Å². The summed E-state index contributed by atoms with van der Waals surface area (Å²) in [5.41, 5.74) is 0. The summed E-state index contributed by atoms with van der Waals surface area (Å²) in [5.74, 6) is -0.557. The maximum Gasteiger partial charge on any atom is 0.243 e. The number of piperidine rings is 1. The topological polar surface area (TPSA) is 86.8 Å². The van der Waals surface area contributed by atoms with Gasteiger partial charge in [0, 0.05) is 38.6 Å². The lowest BCUT2D eigenvalue weighted by atomic mass is 9.97. The van der Waals surface area contributed by atoms with Crippen LogP contribution in [0, 0.1) is 17.7 Å². The first kappa shape index (κ1) is 20.3. The van der Waals surface area contributed by atoms with E-state index in [0.29, 0.717) is 45.1 Å². The van der Waals surface area contributed by atoms with Gasteiger partial charge >= 0.3 is 0 Å². The highest BCUT2D eigenvalue weighted by molar-refractivity contribution is 7.89. The smallest absolute Gasteiger partial charge is 0.243 e. The summed E-state index contributed by atoms with van der Waals surface area (Å²) in [4.78, 5) is 26.4. The number of benzene rings is 1. The fourth-order valence-electron chi connectivity index (χ4n) is 4.07. The summed E-state index contributed by atoms with van der Waals surface area (Å²) >= 11 is 0. The molecule has 3 fully saturated rings. The van der Waals surface area contributed by atoms with Crippen molar-refractivity contribution in [1.82, 2.24) is 14.5 Å². The van der Waals surface area contributed by atoms with Gasteiger partial charge in [0.25, 0.3) is 0 Å². The van der Waals surface area contributed by atoms with Crippen LogP contribution in [0.1, 0.15) is 32.1 Å². The van der Waals surface area contributed by atoms with Crippen LogP contribution in [0.3, 0.4) is 0 Å². The van der Waals surface area contributed by atoms with E-state index in [-0.39, 0.29) is 35.0 Å². The Labute approximate surface area is 170 Å². The Morgan fingerprint density at radius 1 is 1.10 bits per heavy atom. The Kier molecular flexibility index (Phi) is 5.61. The molecule has 2 aliphatic heterocycles. The zero-order valence-electron chi connectivity index (χ0n) is 16.2. The van der Waals surface area contributed by atoms with Crippen molar-refractivity contribution in [2.45, 2.75) is 43.0 Å². The molecule has 1 aromatic rings. The molecule has 4 rings (SSSR count). The van der Waals surface area contributed by atoms with Gasteiger partial charge in [0.1, 0.15) is 5.82 Å². The van der Waals surface area contributed by atoms with Crippen LogP contribution in [-0.4, -0.2) is 61.7 Å². The van der Waals surface area contributed by atoms with Crippen LogP contribution in [0.2, 0.25) is 0 Å². The van der Waals surface area contributed by atoms with Crippen LogP contribution < -0.4 is 5.32 Å². The third-order valence-electron chi connectivity index (χ3n) is 6.01. The Balaban J connectivity index is 1.29. The fraction of sp³-hybridized carbons (Fsp3) is 0.600. The largest absolute Gasteiger partial charge is 0.353 e. The van der Waals surface area contributed by atoms with Gasteiger partial charge in [-0.3, -0.25) is 9.59 Å². The molecule has 0 spiro atoms. The number of hydrogen-bond acceptors (Lipinski definition) is 4. The number of carbonyl (C=O) groups excluding carboxylic acids is 2. The molecule has 1 aromatic carbocycles. The molecular formula is C20H26FN3O4S. The second-order valence-corrected chi connectivity index (χ2v) is 10.2. The number of amides is 2. The number of halogens is 1. The van der Waals surface area contributed by atoms with Gasteiger partial charge in [-0.05, 0) is 55.9 Å². The summed E-state index contributed by atoms with van der Waals surface area (Å²) in [6.45, 7) is 1.76. The van der Waals surface area contributed by atoms with Crippen LogP contribution in [0.4, 0.5) is 4.39 Å². The Bertz CT molecular complexity index is 877. The first-order valence-corrected chi connectivity index (χ1v) is 11.6. The van der Waals surface area contributed by atoms with E-state index in [1.54, 1.807) is 4.90 Å². The summed E-state index contributed by atoms with van der Waals surface area (Å²) in [6, 6.07) is 5.15. The van der Waals surface area contributed by atoms with Crippen molar-refractivity contribution in [3.8, 4) is 0 Å². The number of rotatable bonds is 6. The average molecular weight is 424 g/mol. The van der Waals surface area contributed by atoms with E-state index in [1.165, 1.54) is 16.4 Å². The molecule has 2 heterocycles. The van der Waals surface area contributed by atoms with Crippen LogP contribution in [0.25, 0.3) is 0 Å². The Hall–Kier alpha value is -2.00. The maximum atomic E-state index is 13.1. The minimum atomic E-state index is -3.63. The van der Waals surface area contributed by atoms with Crippen LogP contribution in [-0.2, 0) is 19.6 Å². The molecule has 0 radical (unpaired) electrons. The van der Waals surface area contributed by atoms with Gasteiger partial charge in [-0.1, -0.05) is 0 Å². The third kappa shape index (κ3) is 4.61. The predicted octanol–water partition coefficient (Wildman–Crippen LogP) is 1.35. The van der Waals surface area contributed by atoms with Gasteiger partial charge in [0.2, 0.25) is 21.8 Å². The van der Waals surface area contributed by atoms with E-state index in [0.717, 1.165) is 25.0 Å². The lowest BCUT2D eigenvalue weighted by molar-refractivity contribution is -0.129. The van der Waals surface area contributed by atoms with Crippen molar-refractivity contribution >= 4 is 21.8 Å². The maximum absolute atomic E-state index is 13.1. The SMILES string of the molecule is O=C(NC1CC1)C1CC(=O)N(CC2CCN(S(=O)(=O)c3ccc(F)cc3)CC2)C1. The first-order valence-electron chi connectivity index (χ1n) is 10.2. The van der Waals surface area contributed by atoms with E-state index in [2.05, 4.69) is 5.32 Å². The summed E-state index contributed by atoms with van der Waals surface area (Å²) in [6.07, 6.45) is 3.62. The fourth-order valence-corrected chi connectivity index (χ4v) is 5.54. The number of hydrogen-bond donors (Lipinski definition) is 1. The second-order valence-electron chi connectivity index (χ2n) is 8.28. The summed E-state index contributed by atoms with van der Waals surface area (Å²) < 4.78 is 39.9. The number of nitrogens with zero attached hydrogens (tertiary/aromatic N) is 2. The van der Waals surface area contributed by atoms with Crippen molar-refractivity contribution in [2.75, 3.05) is 26.2 Å². The first-order chi connectivity index (χ1) is 13.8. The van der Waals surface area contributed by atoms with E-state index < -0.39 is 15.8 Å².